The van der Waals surface area contributed by atoms with Gasteiger partial charge in [0.15, 0.2) is 0 Å². The van der Waals surface area contributed by atoms with E-state index in [1.54, 1.807) is 30.4 Å². The first kappa shape index (κ1) is 9.57. The van der Waals surface area contributed by atoms with Crippen LogP contribution in [0.1, 0.15) is 5.56 Å². The molecule has 3 rings (SSSR count). The lowest BCUT2D eigenvalue weighted by Gasteiger charge is -2.04. The molecule has 0 saturated carbocycles. The van der Waals surface area contributed by atoms with Crippen molar-refractivity contribution in [3.63, 3.8) is 0 Å². The van der Waals surface area contributed by atoms with Crippen molar-refractivity contribution in [3.8, 4) is 5.75 Å². The van der Waals surface area contributed by atoms with Crippen molar-refractivity contribution in [1.29, 1.82) is 0 Å². The van der Waals surface area contributed by atoms with Crippen LogP contribution < -0.4 is 0 Å². The van der Waals surface area contributed by atoms with E-state index in [1.165, 1.54) is 0 Å². The zero-order valence-corrected chi connectivity index (χ0v) is 8.66. The van der Waals surface area contributed by atoms with Crippen LogP contribution in [0, 0.1) is 0 Å². The summed E-state index contributed by atoms with van der Waals surface area (Å²) in [4.78, 5) is 2.76. The highest BCUT2D eigenvalue weighted by Crippen LogP contribution is 2.42. The molecule has 5 nitrogen and oxygen atoms in total. The van der Waals surface area contributed by atoms with Crippen molar-refractivity contribution in [3.05, 3.63) is 57.8 Å². The van der Waals surface area contributed by atoms with E-state index in [4.69, 9.17) is 9.96 Å². The average Bonchev–Trinajstić information content (AvgIpc) is 2.69. The van der Waals surface area contributed by atoms with Gasteiger partial charge < -0.3 is 5.41 Å². The molecule has 0 atom stereocenters. The molecular formula is C12H6N4O. The van der Waals surface area contributed by atoms with E-state index in [9.17, 15) is 5.41 Å². The Labute approximate surface area is 96.5 Å². The van der Waals surface area contributed by atoms with Crippen molar-refractivity contribution >= 4 is 22.8 Å². The Morgan fingerprint density at radius 2 is 2.12 bits per heavy atom. The topological polar surface area (TPSA) is 82.4 Å². The molecule has 0 spiro atoms. The molecule has 5 heteroatoms. The van der Waals surface area contributed by atoms with Crippen LogP contribution in [-0.4, -0.2) is 11.5 Å². The highest BCUT2D eigenvalue weighted by atomic mass is 16.4. The Morgan fingerprint density at radius 1 is 1.24 bits per heavy atom. The number of fused-ring (bicyclic) bond motifs is 3. The van der Waals surface area contributed by atoms with Crippen LogP contribution in [0.4, 0.5) is 5.69 Å². The van der Waals surface area contributed by atoms with Gasteiger partial charge in [-0.05, 0) is 17.7 Å². The second-order valence-corrected chi connectivity index (χ2v) is 3.63. The summed E-state index contributed by atoms with van der Waals surface area (Å²) in [5.74, 6) is 1.18. The molecule has 0 radical (unpaired) electrons. The molecule has 0 unspecified atom stereocenters. The third-order valence-electron chi connectivity index (χ3n) is 2.61. The monoisotopic (exact) mass is 222 g/mol. The minimum atomic E-state index is 0.175. The van der Waals surface area contributed by atoms with Gasteiger partial charge in [0.25, 0.3) is 0 Å². The van der Waals surface area contributed by atoms with Gasteiger partial charge >= 0.3 is 11.5 Å². The van der Waals surface area contributed by atoms with E-state index in [2.05, 4.69) is 10.0 Å². The van der Waals surface area contributed by atoms with Crippen molar-refractivity contribution in [2.45, 2.75) is 0 Å². The number of rotatable bonds is 1. The molecular weight excluding hydrogens is 216 g/mol. The summed E-state index contributed by atoms with van der Waals surface area (Å²) in [7, 11) is 0. The van der Waals surface area contributed by atoms with Gasteiger partial charge in [-0.2, -0.15) is 5.71 Å². The quantitative estimate of drug-likeness (QED) is 0.229. The first-order chi connectivity index (χ1) is 8.29. The summed E-state index contributed by atoms with van der Waals surface area (Å²) >= 11 is 0. The van der Waals surface area contributed by atoms with E-state index in [0.717, 1.165) is 11.1 Å². The van der Waals surface area contributed by atoms with Gasteiger partial charge in [0.2, 0.25) is 0 Å². The largest absolute Gasteiger partial charge is 0.804 e. The molecule has 1 aromatic carbocycles. The minimum Gasteiger partial charge on any atom is -0.804 e. The normalized spacial score (nSPS) is 15.6. The summed E-state index contributed by atoms with van der Waals surface area (Å²) in [5, 5.41) is 13.0. The van der Waals surface area contributed by atoms with Crippen LogP contribution in [0.15, 0.2) is 41.5 Å². The molecule has 0 fully saturated rings. The fraction of sp³-hybridized carbons (Fsp3) is 0. The summed E-state index contributed by atoms with van der Waals surface area (Å²) in [6, 6.07) is 5.33. The number of hydrogen-bond acceptors (Lipinski definition) is 1. The van der Waals surface area contributed by atoms with E-state index < -0.39 is 0 Å². The van der Waals surface area contributed by atoms with E-state index in [0.29, 0.717) is 17.2 Å². The highest BCUT2D eigenvalue weighted by Gasteiger charge is 2.35. The molecule has 1 aliphatic heterocycles. The van der Waals surface area contributed by atoms with Gasteiger partial charge in [0.1, 0.15) is 5.69 Å². The number of nitrogens with zero attached hydrogens (tertiary/aromatic N) is 4. The molecule has 0 saturated heterocycles. The molecule has 80 valence electrons. The zero-order valence-electron chi connectivity index (χ0n) is 8.66. The Kier molecular flexibility index (Phi) is 1.93. The van der Waals surface area contributed by atoms with Crippen LogP contribution >= 0.6 is 0 Å². The third-order valence-corrected chi connectivity index (χ3v) is 2.61. The Balaban J connectivity index is 2.27. The molecule has 0 N–H and O–H groups in total. The smallest absolute Gasteiger partial charge is 0.371 e. The first-order valence-corrected chi connectivity index (χ1v) is 4.99. The van der Waals surface area contributed by atoms with Gasteiger partial charge in [-0.1, -0.05) is 23.3 Å². The Hall–Kier alpha value is -2.65. The van der Waals surface area contributed by atoms with E-state index in [-0.39, 0.29) is 5.71 Å². The predicted molar refractivity (Wildman–Crippen MR) is 65.2 cm³/mol. The summed E-state index contributed by atoms with van der Waals surface area (Å²) in [5.41, 5.74) is 10.7. The Morgan fingerprint density at radius 3 is 2.94 bits per heavy atom. The van der Waals surface area contributed by atoms with Crippen molar-refractivity contribution < 1.29 is 4.42 Å². The van der Waals surface area contributed by atoms with Crippen LogP contribution in [0.5, 0.6) is 5.75 Å². The van der Waals surface area contributed by atoms with E-state index in [1.807, 2.05) is 6.07 Å². The van der Waals surface area contributed by atoms with Crippen LogP contribution in [-0.2, 0) is 4.42 Å². The lowest BCUT2D eigenvalue weighted by atomic mass is 9.97. The van der Waals surface area contributed by atoms with Crippen molar-refractivity contribution in [1.82, 2.24) is 0 Å². The summed E-state index contributed by atoms with van der Waals surface area (Å²) in [6.07, 6.45) is 4.86. The van der Waals surface area contributed by atoms with Crippen LogP contribution in [0.2, 0.25) is 0 Å². The Bertz CT molecular complexity index is 676. The number of azide groups is 1. The van der Waals surface area contributed by atoms with Gasteiger partial charge in [0, 0.05) is 11.0 Å². The zero-order chi connectivity index (χ0) is 11.8. The lowest BCUT2D eigenvalue weighted by Crippen LogP contribution is -2.02. The van der Waals surface area contributed by atoms with E-state index >= 15 is 0 Å². The highest BCUT2D eigenvalue weighted by molar-refractivity contribution is 6.37. The molecule has 0 amide bonds. The lowest BCUT2D eigenvalue weighted by molar-refractivity contribution is -0.359. The van der Waals surface area contributed by atoms with Crippen molar-refractivity contribution in [2.75, 3.05) is 0 Å². The predicted octanol–water partition coefficient (Wildman–Crippen LogP) is 3.42. The summed E-state index contributed by atoms with van der Waals surface area (Å²) < 4.78 is 5.62. The molecule has 0 aromatic heterocycles. The van der Waals surface area contributed by atoms with Gasteiger partial charge in [0.05, 0.1) is 11.1 Å². The third kappa shape index (κ3) is 1.38. The van der Waals surface area contributed by atoms with Gasteiger partial charge in [-0.15, -0.1) is 0 Å². The molecule has 1 aliphatic carbocycles. The van der Waals surface area contributed by atoms with Gasteiger partial charge in [-0.25, -0.2) is 4.42 Å². The molecule has 0 bridgehead atoms. The number of para-hydroxylation sites is 1. The first-order valence-electron chi connectivity index (χ1n) is 4.99. The second kappa shape index (κ2) is 3.43. The number of benzene rings is 1. The number of allylic oxidation sites excluding steroid dienone is 4. The number of carbonyl (C=O) groups excluding carboxylic acids is 1. The number of ketones is 1. The molecule has 17 heavy (non-hydrogen) atoms. The van der Waals surface area contributed by atoms with Crippen LogP contribution in [0.3, 0.4) is 0 Å². The summed E-state index contributed by atoms with van der Waals surface area (Å²) in [6.45, 7) is 0. The SMILES string of the molecule is [N-]=[N+]=Nc1cccc2c1[O+]=C1C=CC(=[N-])C=C12. The van der Waals surface area contributed by atoms with Crippen molar-refractivity contribution in [2.24, 2.45) is 5.11 Å². The van der Waals surface area contributed by atoms with Gasteiger partial charge in [-0.3, -0.25) is 0 Å². The second-order valence-electron chi connectivity index (χ2n) is 3.63. The maximum Gasteiger partial charge on any atom is 0.371 e. The molecule has 1 aromatic rings. The fourth-order valence-electron chi connectivity index (χ4n) is 1.90. The number of hydrogen-bond donors (Lipinski definition) is 0. The minimum absolute atomic E-state index is 0.175. The van der Waals surface area contributed by atoms with Crippen LogP contribution in [0.25, 0.3) is 21.4 Å². The molecule has 1 heterocycles. The fourth-order valence-corrected chi connectivity index (χ4v) is 1.90. The maximum absolute atomic E-state index is 9.46. The average molecular weight is 222 g/mol. The molecule has 2 aliphatic rings. The maximum atomic E-state index is 9.46. The standard InChI is InChI=1S/C12H6N4O/c13-7-4-5-11-9(6-7)8-2-1-3-10(15-16-14)12(8)17-11/h1-6H.